The standard InChI is InChI=1S/C27H39NO3/c1-18(2)27(30)31-26-12-11-22(17-29)16-25(26)24(23-10-8-9-21(7)15-23)13-14-28(19(3)4)20(5)6/h8-12,15-16,18-20,24,29H,13-14,17H2,1-7H3. The molecule has 0 spiro atoms. The van der Waals surface area contributed by atoms with Gasteiger partial charge in [0.2, 0.25) is 0 Å². The van der Waals surface area contributed by atoms with Crippen molar-refractivity contribution in [1.82, 2.24) is 4.90 Å². The van der Waals surface area contributed by atoms with Gasteiger partial charge in [0.25, 0.3) is 0 Å². The van der Waals surface area contributed by atoms with Crippen molar-refractivity contribution in [1.29, 1.82) is 0 Å². The van der Waals surface area contributed by atoms with Crippen LogP contribution in [0.5, 0.6) is 5.75 Å². The number of aryl methyl sites for hydroxylation is 1. The van der Waals surface area contributed by atoms with Crippen LogP contribution in [-0.2, 0) is 11.4 Å². The zero-order valence-corrected chi connectivity index (χ0v) is 20.2. The van der Waals surface area contributed by atoms with Crippen LogP contribution in [0.3, 0.4) is 0 Å². The lowest BCUT2D eigenvalue weighted by molar-refractivity contribution is -0.137. The van der Waals surface area contributed by atoms with Crippen LogP contribution in [0, 0.1) is 12.8 Å². The lowest BCUT2D eigenvalue weighted by Crippen LogP contribution is -2.38. The summed E-state index contributed by atoms with van der Waals surface area (Å²) < 4.78 is 5.81. The molecule has 4 nitrogen and oxygen atoms in total. The van der Waals surface area contributed by atoms with Gasteiger partial charge in [-0.25, -0.2) is 0 Å². The Balaban J connectivity index is 2.53. The van der Waals surface area contributed by atoms with E-state index in [-0.39, 0.29) is 24.4 Å². The van der Waals surface area contributed by atoms with Gasteiger partial charge < -0.3 is 9.84 Å². The van der Waals surface area contributed by atoms with Crippen LogP contribution in [-0.4, -0.2) is 34.6 Å². The SMILES string of the molecule is Cc1cccc(C(CCN(C(C)C)C(C)C)c2cc(CO)ccc2OC(=O)C(C)C)c1. The van der Waals surface area contributed by atoms with Crippen LogP contribution >= 0.6 is 0 Å². The highest BCUT2D eigenvalue weighted by atomic mass is 16.5. The summed E-state index contributed by atoms with van der Waals surface area (Å²) in [5.74, 6) is 0.191. The number of benzene rings is 2. The molecule has 0 saturated heterocycles. The van der Waals surface area contributed by atoms with Gasteiger partial charge in [0.05, 0.1) is 12.5 Å². The minimum absolute atomic E-state index is 0.0456. The van der Waals surface area contributed by atoms with E-state index in [2.05, 4.69) is 63.8 Å². The number of hydrogen-bond acceptors (Lipinski definition) is 4. The van der Waals surface area contributed by atoms with E-state index in [1.807, 2.05) is 32.0 Å². The summed E-state index contributed by atoms with van der Waals surface area (Å²) >= 11 is 0. The molecule has 0 saturated carbocycles. The fourth-order valence-electron chi connectivity index (χ4n) is 4.07. The van der Waals surface area contributed by atoms with Gasteiger partial charge in [-0.05, 0) is 70.8 Å². The maximum atomic E-state index is 12.4. The summed E-state index contributed by atoms with van der Waals surface area (Å²) in [5.41, 5.74) is 4.18. The Bertz CT molecular complexity index is 849. The second kappa shape index (κ2) is 11.4. The topological polar surface area (TPSA) is 49.8 Å². The summed E-state index contributed by atoms with van der Waals surface area (Å²) in [7, 11) is 0. The first-order valence-corrected chi connectivity index (χ1v) is 11.4. The summed E-state index contributed by atoms with van der Waals surface area (Å²) in [6.07, 6.45) is 0.890. The number of hydrogen-bond donors (Lipinski definition) is 1. The Morgan fingerprint density at radius 2 is 1.68 bits per heavy atom. The van der Waals surface area contributed by atoms with E-state index in [1.54, 1.807) is 0 Å². The van der Waals surface area contributed by atoms with E-state index in [0.29, 0.717) is 17.8 Å². The Hall–Kier alpha value is -2.17. The minimum atomic E-state index is -0.244. The van der Waals surface area contributed by atoms with E-state index in [1.165, 1.54) is 11.1 Å². The number of carbonyl (C=O) groups is 1. The molecule has 0 amide bonds. The number of carbonyl (C=O) groups excluding carboxylic acids is 1. The third-order valence-electron chi connectivity index (χ3n) is 5.76. The molecule has 170 valence electrons. The molecule has 1 atom stereocenters. The van der Waals surface area contributed by atoms with Crippen molar-refractivity contribution in [3.63, 3.8) is 0 Å². The first-order valence-electron chi connectivity index (χ1n) is 11.4. The lowest BCUT2D eigenvalue weighted by Gasteiger charge is -2.32. The third-order valence-corrected chi connectivity index (χ3v) is 5.76. The summed E-state index contributed by atoms with van der Waals surface area (Å²) in [5, 5.41) is 9.77. The number of nitrogens with zero attached hydrogens (tertiary/aromatic N) is 1. The number of esters is 1. The number of rotatable bonds is 10. The number of aliphatic hydroxyl groups excluding tert-OH is 1. The molecule has 0 aliphatic carbocycles. The van der Waals surface area contributed by atoms with Crippen molar-refractivity contribution in [2.24, 2.45) is 5.92 Å². The molecule has 2 aromatic carbocycles. The van der Waals surface area contributed by atoms with E-state index in [4.69, 9.17) is 4.74 Å². The van der Waals surface area contributed by atoms with Crippen molar-refractivity contribution in [3.8, 4) is 5.75 Å². The van der Waals surface area contributed by atoms with Crippen molar-refractivity contribution >= 4 is 5.97 Å². The Kier molecular flexibility index (Phi) is 9.27. The summed E-state index contributed by atoms with van der Waals surface area (Å²) in [6.45, 7) is 15.6. The van der Waals surface area contributed by atoms with Crippen molar-refractivity contribution < 1.29 is 14.6 Å². The van der Waals surface area contributed by atoms with Crippen LogP contribution in [0.1, 0.15) is 76.1 Å². The normalized spacial score (nSPS) is 12.8. The third kappa shape index (κ3) is 6.91. The van der Waals surface area contributed by atoms with Gasteiger partial charge in [-0.1, -0.05) is 49.7 Å². The molecule has 0 radical (unpaired) electrons. The molecule has 0 aliphatic rings. The first-order chi connectivity index (χ1) is 14.6. The fraction of sp³-hybridized carbons (Fsp3) is 0.519. The molecule has 2 aromatic rings. The van der Waals surface area contributed by atoms with Crippen molar-refractivity contribution in [2.45, 2.75) is 79.5 Å². The van der Waals surface area contributed by atoms with Gasteiger partial charge in [-0.3, -0.25) is 9.69 Å². The summed E-state index contributed by atoms with van der Waals surface area (Å²) in [4.78, 5) is 14.9. The molecule has 0 fully saturated rings. The van der Waals surface area contributed by atoms with Gasteiger partial charge >= 0.3 is 5.97 Å². The van der Waals surface area contributed by atoms with E-state index in [0.717, 1.165) is 24.1 Å². The van der Waals surface area contributed by atoms with Gasteiger partial charge in [-0.15, -0.1) is 0 Å². The average Bonchev–Trinajstić information content (AvgIpc) is 2.71. The van der Waals surface area contributed by atoms with E-state index < -0.39 is 0 Å². The summed E-state index contributed by atoms with van der Waals surface area (Å²) in [6, 6.07) is 15.1. The zero-order chi connectivity index (χ0) is 23.1. The molecule has 1 unspecified atom stereocenters. The van der Waals surface area contributed by atoms with E-state index >= 15 is 0 Å². The largest absolute Gasteiger partial charge is 0.426 e. The predicted molar refractivity (Wildman–Crippen MR) is 127 cm³/mol. The molecule has 0 aromatic heterocycles. The number of ether oxygens (including phenoxy) is 1. The average molecular weight is 426 g/mol. The molecular weight excluding hydrogens is 386 g/mol. The molecule has 0 aliphatic heterocycles. The fourth-order valence-corrected chi connectivity index (χ4v) is 4.07. The van der Waals surface area contributed by atoms with Gasteiger partial charge in [0.1, 0.15) is 5.75 Å². The number of aliphatic hydroxyl groups is 1. The highest BCUT2D eigenvalue weighted by molar-refractivity contribution is 5.75. The second-order valence-corrected chi connectivity index (χ2v) is 9.29. The quantitative estimate of drug-likeness (QED) is 0.392. The van der Waals surface area contributed by atoms with Gasteiger partial charge in [-0.2, -0.15) is 0 Å². The molecule has 4 heteroatoms. The highest BCUT2D eigenvalue weighted by Crippen LogP contribution is 2.36. The van der Waals surface area contributed by atoms with Crippen LogP contribution in [0.2, 0.25) is 0 Å². The molecular formula is C27H39NO3. The maximum Gasteiger partial charge on any atom is 0.313 e. The van der Waals surface area contributed by atoms with Crippen LogP contribution in [0.15, 0.2) is 42.5 Å². The predicted octanol–water partition coefficient (Wildman–Crippen LogP) is 5.69. The smallest absolute Gasteiger partial charge is 0.313 e. The molecule has 0 bridgehead atoms. The van der Waals surface area contributed by atoms with Crippen molar-refractivity contribution in [2.75, 3.05) is 6.54 Å². The molecule has 1 N–H and O–H groups in total. The lowest BCUT2D eigenvalue weighted by atomic mass is 9.86. The van der Waals surface area contributed by atoms with Gasteiger partial charge in [0, 0.05) is 23.6 Å². The zero-order valence-electron chi connectivity index (χ0n) is 20.2. The van der Waals surface area contributed by atoms with Crippen LogP contribution < -0.4 is 4.74 Å². The van der Waals surface area contributed by atoms with Crippen LogP contribution in [0.4, 0.5) is 0 Å². The Labute approximate surface area is 188 Å². The molecule has 31 heavy (non-hydrogen) atoms. The maximum absolute atomic E-state index is 12.4. The molecule has 2 rings (SSSR count). The van der Waals surface area contributed by atoms with Crippen LogP contribution in [0.25, 0.3) is 0 Å². The Morgan fingerprint density at radius 3 is 2.23 bits per heavy atom. The minimum Gasteiger partial charge on any atom is -0.426 e. The van der Waals surface area contributed by atoms with E-state index in [9.17, 15) is 9.90 Å². The van der Waals surface area contributed by atoms with Crippen molar-refractivity contribution in [3.05, 3.63) is 64.7 Å². The Morgan fingerprint density at radius 1 is 1.00 bits per heavy atom. The first kappa shape index (κ1) is 25.1. The molecule has 0 heterocycles. The second-order valence-electron chi connectivity index (χ2n) is 9.29. The highest BCUT2D eigenvalue weighted by Gasteiger charge is 2.24. The monoisotopic (exact) mass is 425 g/mol. The van der Waals surface area contributed by atoms with Gasteiger partial charge in [0.15, 0.2) is 0 Å².